The molecule has 3 heterocycles. The Kier molecular flexibility index (Phi) is 9.06. The van der Waals surface area contributed by atoms with Crippen molar-refractivity contribution in [3.05, 3.63) is 218 Å². The van der Waals surface area contributed by atoms with Gasteiger partial charge in [0.2, 0.25) is 0 Å². The summed E-state index contributed by atoms with van der Waals surface area (Å²) in [4.78, 5) is 25.4. The van der Waals surface area contributed by atoms with Crippen LogP contribution in [-0.2, 0) is 0 Å². The summed E-state index contributed by atoms with van der Waals surface area (Å²) in [5.41, 5.74) is 12.3. The molecule has 0 radical (unpaired) electrons. The molecule has 0 spiro atoms. The summed E-state index contributed by atoms with van der Waals surface area (Å²) in [7, 11) is 0. The van der Waals surface area contributed by atoms with Crippen molar-refractivity contribution in [3.8, 4) is 90.5 Å². The summed E-state index contributed by atoms with van der Waals surface area (Å²) < 4.78 is 2.22. The summed E-state index contributed by atoms with van der Waals surface area (Å²) in [6.07, 6.45) is 0. The minimum Gasteiger partial charge on any atom is -0.277 e. The van der Waals surface area contributed by atoms with Crippen molar-refractivity contribution in [2.45, 2.75) is 0 Å². The molecule has 8 aromatic carbocycles. The SMILES string of the molecule is c1ccc(-c2ccc(-c3nc(-c4ccccc4)nc(-c4ccc(-c5ccc(-c6nc(-c7ccccc7)nc7c8ccccc8c(-c8ccccc8)n67)cc5)cc4)n3)cc2)cc1. The summed E-state index contributed by atoms with van der Waals surface area (Å²) in [6, 6.07) is 75.2. The Morgan fingerprint density at radius 1 is 0.230 bits per heavy atom. The van der Waals surface area contributed by atoms with E-state index in [1.807, 2.05) is 60.7 Å². The fourth-order valence-electron chi connectivity index (χ4n) is 8.03. The van der Waals surface area contributed by atoms with Gasteiger partial charge in [-0.15, -0.1) is 0 Å². The molecule has 6 nitrogen and oxygen atoms in total. The number of rotatable bonds is 8. The Balaban J connectivity index is 0.967. The van der Waals surface area contributed by atoms with Crippen molar-refractivity contribution in [2.24, 2.45) is 0 Å². The van der Waals surface area contributed by atoms with E-state index in [0.717, 1.165) is 78.0 Å². The molecule has 286 valence electrons. The topological polar surface area (TPSA) is 68.9 Å². The largest absolute Gasteiger partial charge is 0.277 e. The van der Waals surface area contributed by atoms with Gasteiger partial charge in [-0.1, -0.05) is 218 Å². The standard InChI is InChI=1S/C55H36N6/c1-5-15-37(16-6-1)38-25-31-44(32-26-38)51-56-50(42-19-9-3-10-20-42)57-52(58-51)45-33-27-39(28-34-45)40-29-35-46(36-30-40)54-59-53(43-21-11-4-12-22-43)60-55-48-24-14-13-23-47(48)49(61(54)55)41-17-7-2-8-18-41/h1-36H. The maximum absolute atomic E-state index is 5.28. The first kappa shape index (κ1) is 35.8. The van der Waals surface area contributed by atoms with Crippen molar-refractivity contribution >= 4 is 16.4 Å². The third kappa shape index (κ3) is 6.82. The molecular formula is C55H36N6. The molecule has 11 rings (SSSR count). The first-order valence-electron chi connectivity index (χ1n) is 20.3. The van der Waals surface area contributed by atoms with Gasteiger partial charge in [-0.2, -0.15) is 0 Å². The van der Waals surface area contributed by atoms with Gasteiger partial charge in [0.05, 0.1) is 5.69 Å². The number of fused-ring (bicyclic) bond motifs is 3. The molecule has 0 atom stereocenters. The normalized spacial score (nSPS) is 11.3. The average Bonchev–Trinajstić information content (AvgIpc) is 3.69. The molecule has 0 unspecified atom stereocenters. The van der Waals surface area contributed by atoms with Crippen molar-refractivity contribution in [3.63, 3.8) is 0 Å². The summed E-state index contributed by atoms with van der Waals surface area (Å²) in [6.45, 7) is 0. The molecule has 11 aromatic rings. The van der Waals surface area contributed by atoms with E-state index in [9.17, 15) is 0 Å². The predicted octanol–water partition coefficient (Wildman–Crippen LogP) is 13.4. The second-order valence-electron chi connectivity index (χ2n) is 14.9. The Morgan fingerprint density at radius 3 is 1.00 bits per heavy atom. The lowest BCUT2D eigenvalue weighted by atomic mass is 10.0. The molecule has 0 aliphatic carbocycles. The Bertz CT molecular complexity index is 3290. The van der Waals surface area contributed by atoms with E-state index in [0.29, 0.717) is 23.3 Å². The molecule has 0 saturated carbocycles. The second kappa shape index (κ2) is 15.4. The van der Waals surface area contributed by atoms with Crippen LogP contribution < -0.4 is 0 Å². The Morgan fingerprint density at radius 2 is 0.541 bits per heavy atom. The lowest BCUT2D eigenvalue weighted by molar-refractivity contribution is 1.05. The molecule has 0 aliphatic heterocycles. The fourth-order valence-corrected chi connectivity index (χ4v) is 8.03. The number of nitrogens with zero attached hydrogens (tertiary/aromatic N) is 6. The van der Waals surface area contributed by atoms with E-state index in [1.54, 1.807) is 0 Å². The lowest BCUT2D eigenvalue weighted by Crippen LogP contribution is -2.03. The van der Waals surface area contributed by atoms with Crippen LogP contribution in [0.25, 0.3) is 107 Å². The molecule has 0 fully saturated rings. The van der Waals surface area contributed by atoms with Crippen molar-refractivity contribution in [2.75, 3.05) is 0 Å². The third-order valence-electron chi connectivity index (χ3n) is 11.1. The van der Waals surface area contributed by atoms with Crippen LogP contribution in [0.2, 0.25) is 0 Å². The summed E-state index contributed by atoms with van der Waals surface area (Å²) in [5.74, 6) is 3.39. The van der Waals surface area contributed by atoms with Gasteiger partial charge in [-0.25, -0.2) is 24.9 Å². The van der Waals surface area contributed by atoms with Crippen molar-refractivity contribution in [1.82, 2.24) is 29.3 Å². The quantitative estimate of drug-likeness (QED) is 0.154. The van der Waals surface area contributed by atoms with Gasteiger partial charge < -0.3 is 0 Å². The molecule has 3 aromatic heterocycles. The van der Waals surface area contributed by atoms with E-state index in [2.05, 4.69) is 162 Å². The predicted molar refractivity (Wildman–Crippen MR) is 247 cm³/mol. The average molecular weight is 781 g/mol. The highest BCUT2D eigenvalue weighted by molar-refractivity contribution is 6.06. The van der Waals surface area contributed by atoms with Crippen molar-refractivity contribution in [1.29, 1.82) is 0 Å². The number of hydrogen-bond donors (Lipinski definition) is 0. The van der Waals surface area contributed by atoms with Crippen LogP contribution >= 0.6 is 0 Å². The highest BCUT2D eigenvalue weighted by Gasteiger charge is 2.21. The Hall–Kier alpha value is -8.35. The number of hydrogen-bond acceptors (Lipinski definition) is 5. The minimum atomic E-state index is 0.619. The second-order valence-corrected chi connectivity index (χ2v) is 14.9. The van der Waals surface area contributed by atoms with Gasteiger partial charge in [0.15, 0.2) is 23.3 Å². The lowest BCUT2D eigenvalue weighted by Gasteiger charge is -2.13. The van der Waals surface area contributed by atoms with Crippen LogP contribution in [0.1, 0.15) is 0 Å². The molecule has 0 amide bonds. The molecule has 0 saturated heterocycles. The highest BCUT2D eigenvalue weighted by Crippen LogP contribution is 2.38. The van der Waals surface area contributed by atoms with Gasteiger partial charge in [0.1, 0.15) is 11.5 Å². The highest BCUT2D eigenvalue weighted by atomic mass is 15.1. The van der Waals surface area contributed by atoms with Gasteiger partial charge in [0.25, 0.3) is 0 Å². The Labute approximate surface area is 353 Å². The van der Waals surface area contributed by atoms with E-state index in [4.69, 9.17) is 24.9 Å². The molecule has 0 N–H and O–H groups in total. The van der Waals surface area contributed by atoms with E-state index >= 15 is 0 Å². The molecule has 0 bridgehead atoms. The van der Waals surface area contributed by atoms with E-state index in [1.165, 1.54) is 5.56 Å². The van der Waals surface area contributed by atoms with Crippen molar-refractivity contribution < 1.29 is 0 Å². The van der Waals surface area contributed by atoms with Crippen LogP contribution in [0, 0.1) is 0 Å². The summed E-state index contributed by atoms with van der Waals surface area (Å²) >= 11 is 0. The first-order valence-corrected chi connectivity index (χ1v) is 20.3. The van der Waals surface area contributed by atoms with Gasteiger partial charge in [-0.05, 0) is 27.8 Å². The molecule has 6 heteroatoms. The maximum Gasteiger partial charge on any atom is 0.164 e. The van der Waals surface area contributed by atoms with Crippen LogP contribution in [0.4, 0.5) is 0 Å². The van der Waals surface area contributed by atoms with Gasteiger partial charge in [0, 0.05) is 38.6 Å². The van der Waals surface area contributed by atoms with Gasteiger partial charge >= 0.3 is 0 Å². The van der Waals surface area contributed by atoms with Crippen LogP contribution in [0.3, 0.4) is 0 Å². The van der Waals surface area contributed by atoms with Crippen LogP contribution in [-0.4, -0.2) is 29.3 Å². The fraction of sp³-hybridized carbons (Fsp3) is 0. The van der Waals surface area contributed by atoms with Crippen LogP contribution in [0.15, 0.2) is 218 Å². The third-order valence-corrected chi connectivity index (χ3v) is 11.1. The molecule has 0 aliphatic rings. The summed E-state index contributed by atoms with van der Waals surface area (Å²) in [5, 5.41) is 2.22. The monoisotopic (exact) mass is 780 g/mol. The van der Waals surface area contributed by atoms with E-state index < -0.39 is 0 Å². The minimum absolute atomic E-state index is 0.619. The first-order chi connectivity index (χ1) is 30.2. The van der Waals surface area contributed by atoms with Crippen LogP contribution in [0.5, 0.6) is 0 Å². The van der Waals surface area contributed by atoms with Gasteiger partial charge in [-0.3, -0.25) is 4.40 Å². The zero-order chi connectivity index (χ0) is 40.5. The number of aromatic nitrogens is 6. The molecule has 61 heavy (non-hydrogen) atoms. The zero-order valence-corrected chi connectivity index (χ0v) is 33.0. The zero-order valence-electron chi connectivity index (χ0n) is 33.0. The smallest absolute Gasteiger partial charge is 0.164 e. The maximum atomic E-state index is 5.28. The van der Waals surface area contributed by atoms with E-state index in [-0.39, 0.29) is 0 Å². The molecular weight excluding hydrogens is 745 g/mol. The number of benzene rings is 8.